The SMILES string of the molecule is CCc1nc2cc(Cl)ccn2c1C(=O)NCc1ccc(N2CC(COc3ccc(F)cc3)OC2=O)cc1. The Balaban J connectivity index is 1.19. The number of amides is 2. The standard InChI is InChI=1S/C27H24ClFN4O4/c1-2-23-25(32-12-11-18(28)13-24(32)31-23)26(34)30-14-17-3-7-20(8-4-17)33-15-22(37-27(33)35)16-36-21-9-5-19(29)6-10-21/h3-13,22H,2,14-16H2,1H3,(H,30,34). The zero-order valence-electron chi connectivity index (χ0n) is 20.0. The maximum absolute atomic E-state index is 13.0. The van der Waals surface area contributed by atoms with Crippen molar-refractivity contribution in [1.29, 1.82) is 0 Å². The lowest BCUT2D eigenvalue weighted by Gasteiger charge is -2.14. The van der Waals surface area contributed by atoms with E-state index >= 15 is 0 Å². The number of aromatic nitrogens is 2. The van der Waals surface area contributed by atoms with Crippen LogP contribution in [0.5, 0.6) is 5.75 Å². The Morgan fingerprint density at radius 2 is 1.95 bits per heavy atom. The molecule has 1 unspecified atom stereocenters. The van der Waals surface area contributed by atoms with Gasteiger partial charge in [0.05, 0.1) is 12.2 Å². The van der Waals surface area contributed by atoms with Crippen molar-refractivity contribution in [2.24, 2.45) is 0 Å². The van der Waals surface area contributed by atoms with E-state index in [4.69, 9.17) is 21.1 Å². The summed E-state index contributed by atoms with van der Waals surface area (Å²) >= 11 is 6.06. The Kier molecular flexibility index (Phi) is 6.96. The quantitative estimate of drug-likeness (QED) is 0.351. The van der Waals surface area contributed by atoms with Crippen LogP contribution in [-0.4, -0.2) is 40.6 Å². The molecule has 2 aromatic heterocycles. The van der Waals surface area contributed by atoms with Crippen molar-refractivity contribution in [3.05, 3.63) is 94.7 Å². The molecule has 8 nitrogen and oxygen atoms in total. The summed E-state index contributed by atoms with van der Waals surface area (Å²) in [5.74, 6) is -0.0794. The highest BCUT2D eigenvalue weighted by Crippen LogP contribution is 2.23. The van der Waals surface area contributed by atoms with Crippen LogP contribution >= 0.6 is 11.6 Å². The molecule has 0 radical (unpaired) electrons. The molecular formula is C27H24ClFN4O4. The third-order valence-corrected chi connectivity index (χ3v) is 6.27. The van der Waals surface area contributed by atoms with Crippen molar-refractivity contribution >= 4 is 34.9 Å². The first kappa shape index (κ1) is 24.6. The van der Waals surface area contributed by atoms with Gasteiger partial charge in [-0.25, -0.2) is 14.2 Å². The van der Waals surface area contributed by atoms with E-state index in [1.165, 1.54) is 29.2 Å². The van der Waals surface area contributed by atoms with Crippen LogP contribution in [0.15, 0.2) is 66.9 Å². The number of pyridine rings is 1. The highest BCUT2D eigenvalue weighted by Gasteiger charge is 2.32. The number of carbonyl (C=O) groups excluding carboxylic acids is 2. The molecule has 1 N–H and O–H groups in total. The van der Waals surface area contributed by atoms with Crippen LogP contribution in [0.4, 0.5) is 14.9 Å². The zero-order valence-corrected chi connectivity index (χ0v) is 20.7. The molecule has 3 heterocycles. The van der Waals surface area contributed by atoms with E-state index < -0.39 is 12.2 Å². The van der Waals surface area contributed by atoms with Gasteiger partial charge in [0.25, 0.3) is 5.91 Å². The topological polar surface area (TPSA) is 85.2 Å². The van der Waals surface area contributed by atoms with Gasteiger partial charge in [-0.05, 0) is 54.4 Å². The van der Waals surface area contributed by atoms with E-state index in [1.54, 1.807) is 34.9 Å². The van der Waals surface area contributed by atoms with Crippen LogP contribution in [0.2, 0.25) is 5.02 Å². The number of nitrogens with one attached hydrogen (secondary N) is 1. The van der Waals surface area contributed by atoms with Gasteiger partial charge >= 0.3 is 6.09 Å². The Morgan fingerprint density at radius 3 is 2.68 bits per heavy atom. The second-order valence-corrected chi connectivity index (χ2v) is 9.00. The average Bonchev–Trinajstić information content (AvgIpc) is 3.46. The number of halogens is 2. The predicted molar refractivity (Wildman–Crippen MR) is 137 cm³/mol. The van der Waals surface area contributed by atoms with E-state index in [1.807, 2.05) is 19.1 Å². The summed E-state index contributed by atoms with van der Waals surface area (Å²) in [7, 11) is 0. The lowest BCUT2D eigenvalue weighted by atomic mass is 10.2. The number of nitrogens with zero attached hydrogens (tertiary/aromatic N) is 3. The van der Waals surface area contributed by atoms with Crippen LogP contribution in [0.1, 0.15) is 28.7 Å². The normalized spacial score (nSPS) is 15.2. The number of hydrogen-bond donors (Lipinski definition) is 1. The fourth-order valence-corrected chi connectivity index (χ4v) is 4.31. The smallest absolute Gasteiger partial charge is 0.414 e. The fraction of sp³-hybridized carbons (Fsp3) is 0.222. The summed E-state index contributed by atoms with van der Waals surface area (Å²) in [5, 5.41) is 3.50. The van der Waals surface area contributed by atoms with Gasteiger partial charge < -0.3 is 14.8 Å². The molecule has 1 fully saturated rings. The van der Waals surface area contributed by atoms with Crippen LogP contribution in [0.3, 0.4) is 0 Å². The van der Waals surface area contributed by atoms with E-state index in [-0.39, 0.29) is 18.3 Å². The summed E-state index contributed by atoms with van der Waals surface area (Å²) in [4.78, 5) is 31.4. The third-order valence-electron chi connectivity index (χ3n) is 6.04. The molecule has 1 aliphatic heterocycles. The van der Waals surface area contributed by atoms with E-state index in [2.05, 4.69) is 10.3 Å². The summed E-state index contributed by atoms with van der Waals surface area (Å²) < 4.78 is 25.8. The zero-order chi connectivity index (χ0) is 25.9. The highest BCUT2D eigenvalue weighted by atomic mass is 35.5. The Hall–Kier alpha value is -4.11. The molecule has 0 aliphatic carbocycles. The molecule has 0 saturated carbocycles. The number of ether oxygens (including phenoxy) is 2. The van der Waals surface area contributed by atoms with Gasteiger partial charge in [-0.1, -0.05) is 30.7 Å². The number of carbonyl (C=O) groups is 2. The molecule has 10 heteroatoms. The van der Waals surface area contributed by atoms with Crippen molar-refractivity contribution in [2.75, 3.05) is 18.1 Å². The maximum Gasteiger partial charge on any atom is 0.414 e. The Labute approximate surface area is 217 Å². The Bertz CT molecular complexity index is 1440. The molecule has 5 rings (SSSR count). The number of rotatable bonds is 8. The molecular weight excluding hydrogens is 499 g/mol. The maximum atomic E-state index is 13.0. The third kappa shape index (κ3) is 5.36. The molecule has 2 amide bonds. The fourth-order valence-electron chi connectivity index (χ4n) is 4.15. The molecule has 4 aromatic rings. The van der Waals surface area contributed by atoms with E-state index in [9.17, 15) is 14.0 Å². The first-order valence-corrected chi connectivity index (χ1v) is 12.2. The van der Waals surface area contributed by atoms with Gasteiger partial charge in [0, 0.05) is 29.5 Å². The lowest BCUT2D eigenvalue weighted by Crippen LogP contribution is -2.27. The molecule has 1 saturated heterocycles. The first-order chi connectivity index (χ1) is 17.9. The monoisotopic (exact) mass is 522 g/mol. The highest BCUT2D eigenvalue weighted by molar-refractivity contribution is 6.30. The molecule has 1 atom stereocenters. The average molecular weight is 523 g/mol. The van der Waals surface area contributed by atoms with Gasteiger partial charge in [-0.2, -0.15) is 0 Å². The minimum atomic E-state index is -0.464. The van der Waals surface area contributed by atoms with Crippen LogP contribution in [0.25, 0.3) is 5.65 Å². The molecule has 1 aliphatic rings. The minimum absolute atomic E-state index is 0.160. The van der Waals surface area contributed by atoms with Crippen molar-refractivity contribution < 1.29 is 23.5 Å². The molecule has 190 valence electrons. The van der Waals surface area contributed by atoms with Crippen molar-refractivity contribution in [2.45, 2.75) is 26.0 Å². The summed E-state index contributed by atoms with van der Waals surface area (Å²) in [6.07, 6.45) is 1.43. The first-order valence-electron chi connectivity index (χ1n) is 11.8. The van der Waals surface area contributed by atoms with Gasteiger partial charge in [-0.15, -0.1) is 0 Å². The molecule has 0 bridgehead atoms. The van der Waals surface area contributed by atoms with Crippen LogP contribution in [-0.2, 0) is 17.7 Å². The van der Waals surface area contributed by atoms with Crippen molar-refractivity contribution in [3.8, 4) is 5.75 Å². The largest absolute Gasteiger partial charge is 0.490 e. The summed E-state index contributed by atoms with van der Waals surface area (Å²) in [5.41, 5.74) is 3.35. The minimum Gasteiger partial charge on any atom is -0.490 e. The van der Waals surface area contributed by atoms with E-state index in [0.29, 0.717) is 53.0 Å². The van der Waals surface area contributed by atoms with Gasteiger partial charge in [0.2, 0.25) is 0 Å². The summed E-state index contributed by atoms with van der Waals surface area (Å²) in [6.45, 7) is 2.74. The second kappa shape index (κ2) is 10.5. The Morgan fingerprint density at radius 1 is 1.19 bits per heavy atom. The van der Waals surface area contributed by atoms with Crippen LogP contribution < -0.4 is 15.0 Å². The number of hydrogen-bond acceptors (Lipinski definition) is 5. The number of fused-ring (bicyclic) bond motifs is 1. The number of imidazole rings is 1. The number of cyclic esters (lactones) is 1. The van der Waals surface area contributed by atoms with Crippen molar-refractivity contribution in [1.82, 2.24) is 14.7 Å². The summed E-state index contributed by atoms with van der Waals surface area (Å²) in [6, 6.07) is 16.4. The molecule has 0 spiro atoms. The number of anilines is 1. The van der Waals surface area contributed by atoms with Crippen molar-refractivity contribution in [3.63, 3.8) is 0 Å². The lowest BCUT2D eigenvalue weighted by molar-refractivity contribution is 0.0943. The second-order valence-electron chi connectivity index (χ2n) is 8.56. The predicted octanol–water partition coefficient (Wildman–Crippen LogP) is 5.02. The van der Waals surface area contributed by atoms with Gasteiger partial charge in [0.15, 0.2) is 6.10 Å². The van der Waals surface area contributed by atoms with Gasteiger partial charge in [0.1, 0.15) is 29.5 Å². The number of aryl methyl sites for hydroxylation is 1. The van der Waals surface area contributed by atoms with Gasteiger partial charge in [-0.3, -0.25) is 14.1 Å². The molecule has 37 heavy (non-hydrogen) atoms. The van der Waals surface area contributed by atoms with E-state index in [0.717, 1.165) is 5.56 Å². The van der Waals surface area contributed by atoms with Crippen LogP contribution in [0, 0.1) is 5.82 Å². The number of benzene rings is 2. The molecule has 2 aromatic carbocycles.